The van der Waals surface area contributed by atoms with Crippen molar-refractivity contribution in [1.82, 2.24) is 15.5 Å². The van der Waals surface area contributed by atoms with Crippen LogP contribution in [0.4, 0.5) is 5.69 Å². The molecule has 3 N–H and O–H groups in total. The number of benzene rings is 2. The molecule has 0 bridgehead atoms. The van der Waals surface area contributed by atoms with Crippen LogP contribution in [0.2, 0.25) is 0 Å². The van der Waals surface area contributed by atoms with Gasteiger partial charge in [-0.05, 0) is 93.8 Å². The maximum absolute atomic E-state index is 13.7. The highest BCUT2D eigenvalue weighted by molar-refractivity contribution is 5.98. The summed E-state index contributed by atoms with van der Waals surface area (Å²) in [5.74, 6) is 0.195. The summed E-state index contributed by atoms with van der Waals surface area (Å²) in [7, 11) is 0. The van der Waals surface area contributed by atoms with E-state index < -0.39 is 0 Å². The van der Waals surface area contributed by atoms with Crippen molar-refractivity contribution >= 4 is 28.5 Å². The summed E-state index contributed by atoms with van der Waals surface area (Å²) in [6, 6.07) is 16.8. The van der Waals surface area contributed by atoms with Crippen LogP contribution >= 0.6 is 0 Å². The van der Waals surface area contributed by atoms with Crippen LogP contribution in [0, 0.1) is 17.2 Å². The molecule has 0 saturated carbocycles. The molecule has 186 valence electrons. The van der Waals surface area contributed by atoms with Gasteiger partial charge in [0.15, 0.2) is 5.76 Å². The van der Waals surface area contributed by atoms with Gasteiger partial charge in [-0.2, -0.15) is 5.26 Å². The van der Waals surface area contributed by atoms with Crippen molar-refractivity contribution in [3.63, 3.8) is 0 Å². The molecule has 2 aromatic carbocycles. The van der Waals surface area contributed by atoms with Gasteiger partial charge in [0, 0.05) is 29.6 Å². The minimum atomic E-state index is -0.150. The Balaban J connectivity index is 1.35. The quantitative estimate of drug-likeness (QED) is 0.492. The second-order valence-corrected chi connectivity index (χ2v) is 9.60. The first-order chi connectivity index (χ1) is 17.6. The first-order valence-corrected chi connectivity index (χ1v) is 12.7. The Labute approximate surface area is 210 Å². The van der Waals surface area contributed by atoms with Gasteiger partial charge in [0.25, 0.3) is 5.91 Å². The fourth-order valence-corrected chi connectivity index (χ4v) is 5.06. The molecule has 2 aliphatic heterocycles. The Morgan fingerprint density at radius 1 is 0.972 bits per heavy atom. The third-order valence-corrected chi connectivity index (χ3v) is 7.15. The highest BCUT2D eigenvalue weighted by atomic mass is 16.3. The van der Waals surface area contributed by atoms with Crippen LogP contribution in [0.5, 0.6) is 0 Å². The lowest BCUT2D eigenvalue weighted by molar-refractivity contribution is -0.120. The predicted molar refractivity (Wildman–Crippen MR) is 137 cm³/mol. The van der Waals surface area contributed by atoms with Crippen LogP contribution in [-0.4, -0.2) is 48.9 Å². The van der Waals surface area contributed by atoms with E-state index in [1.165, 1.54) is 0 Å². The zero-order valence-electron chi connectivity index (χ0n) is 20.3. The summed E-state index contributed by atoms with van der Waals surface area (Å²) in [6.07, 6.45) is 3.42. The molecular formula is C28H31N5O3. The smallest absolute Gasteiger partial charge is 0.290 e. The molecule has 0 atom stereocenters. The Kier molecular flexibility index (Phi) is 7.31. The van der Waals surface area contributed by atoms with Gasteiger partial charge in [-0.1, -0.05) is 12.1 Å². The summed E-state index contributed by atoms with van der Waals surface area (Å²) in [5, 5.41) is 19.5. The molecule has 2 fully saturated rings. The Hall–Kier alpha value is -3.67. The van der Waals surface area contributed by atoms with E-state index in [1.807, 2.05) is 29.2 Å². The van der Waals surface area contributed by atoms with E-state index in [2.05, 4.69) is 22.0 Å². The maximum Gasteiger partial charge on any atom is 0.290 e. The lowest BCUT2D eigenvalue weighted by Gasteiger charge is -2.34. The van der Waals surface area contributed by atoms with Crippen molar-refractivity contribution in [1.29, 1.82) is 5.26 Å². The number of piperidine rings is 2. The third-order valence-electron chi connectivity index (χ3n) is 7.15. The van der Waals surface area contributed by atoms with Crippen LogP contribution in [-0.2, 0) is 11.3 Å². The van der Waals surface area contributed by atoms with Crippen molar-refractivity contribution in [3.8, 4) is 6.07 Å². The number of nitriles is 1. The molecule has 8 nitrogen and oxygen atoms in total. The molecule has 0 radical (unpaired) electrons. The topological polar surface area (TPSA) is 110 Å². The molecule has 0 aliphatic carbocycles. The predicted octanol–water partition coefficient (Wildman–Crippen LogP) is 3.64. The van der Waals surface area contributed by atoms with Gasteiger partial charge < -0.3 is 25.3 Å². The number of hydrogen-bond donors (Lipinski definition) is 3. The summed E-state index contributed by atoms with van der Waals surface area (Å²) < 4.78 is 5.98. The molecule has 5 rings (SSSR count). The molecule has 0 spiro atoms. The van der Waals surface area contributed by atoms with Crippen LogP contribution in [0.1, 0.15) is 47.4 Å². The standard InChI is InChI=1S/C28H31N5O3/c29-17-19-1-3-20(4-2-19)18-33(24-9-13-31-14-10-24)28(35)26-16-22-15-23(5-6-25(22)36-26)32-27(34)21-7-11-30-12-8-21/h1-6,15-16,21,24,30-31H,7-14,18H2,(H,32,34). The highest BCUT2D eigenvalue weighted by Crippen LogP contribution is 2.27. The minimum Gasteiger partial charge on any atom is -0.451 e. The van der Waals surface area contributed by atoms with E-state index >= 15 is 0 Å². The summed E-state index contributed by atoms with van der Waals surface area (Å²) >= 11 is 0. The average Bonchev–Trinajstić information content (AvgIpc) is 3.36. The van der Waals surface area contributed by atoms with E-state index in [9.17, 15) is 9.59 Å². The number of carbonyl (C=O) groups excluding carboxylic acids is 2. The molecule has 3 aromatic rings. The number of anilines is 1. The fraction of sp³-hybridized carbons (Fsp3) is 0.393. The van der Waals surface area contributed by atoms with E-state index in [-0.39, 0.29) is 23.8 Å². The first-order valence-electron chi connectivity index (χ1n) is 12.7. The van der Waals surface area contributed by atoms with Crippen LogP contribution < -0.4 is 16.0 Å². The zero-order chi connectivity index (χ0) is 24.9. The second-order valence-electron chi connectivity index (χ2n) is 9.60. The number of furan rings is 1. The minimum absolute atomic E-state index is 0.0178. The van der Waals surface area contributed by atoms with Crippen molar-refractivity contribution in [3.05, 3.63) is 65.4 Å². The fourth-order valence-electron chi connectivity index (χ4n) is 5.06. The molecule has 3 heterocycles. The van der Waals surface area contributed by atoms with Crippen molar-refractivity contribution in [2.45, 2.75) is 38.3 Å². The first kappa shape index (κ1) is 24.0. The van der Waals surface area contributed by atoms with Crippen LogP contribution in [0.15, 0.2) is 52.9 Å². The van der Waals surface area contributed by atoms with Crippen molar-refractivity contribution < 1.29 is 14.0 Å². The van der Waals surface area contributed by atoms with Gasteiger partial charge in [-0.25, -0.2) is 0 Å². The second kappa shape index (κ2) is 10.9. The molecular weight excluding hydrogens is 454 g/mol. The Morgan fingerprint density at radius 2 is 1.67 bits per heavy atom. The lowest BCUT2D eigenvalue weighted by atomic mass is 9.97. The molecule has 2 saturated heterocycles. The number of fused-ring (bicyclic) bond motifs is 1. The molecule has 1 aromatic heterocycles. The Morgan fingerprint density at radius 3 is 2.36 bits per heavy atom. The van der Waals surface area contributed by atoms with E-state index in [4.69, 9.17) is 9.68 Å². The number of carbonyl (C=O) groups is 2. The zero-order valence-corrected chi connectivity index (χ0v) is 20.3. The SMILES string of the molecule is N#Cc1ccc(CN(C(=O)c2cc3cc(NC(=O)C4CCNCC4)ccc3o2)C2CCNCC2)cc1. The third kappa shape index (κ3) is 5.43. The van der Waals surface area contributed by atoms with Gasteiger partial charge in [0.2, 0.25) is 5.91 Å². The van der Waals surface area contributed by atoms with Crippen molar-refractivity contribution in [2.75, 3.05) is 31.5 Å². The summed E-state index contributed by atoms with van der Waals surface area (Å²) in [5.41, 5.74) is 2.89. The van der Waals surface area contributed by atoms with Gasteiger partial charge in [-0.3, -0.25) is 9.59 Å². The van der Waals surface area contributed by atoms with Crippen LogP contribution in [0.25, 0.3) is 11.0 Å². The largest absolute Gasteiger partial charge is 0.451 e. The van der Waals surface area contributed by atoms with Gasteiger partial charge in [0.1, 0.15) is 5.58 Å². The van der Waals surface area contributed by atoms with Gasteiger partial charge in [0.05, 0.1) is 11.6 Å². The molecule has 8 heteroatoms. The van der Waals surface area contributed by atoms with Gasteiger partial charge >= 0.3 is 0 Å². The normalized spacial score (nSPS) is 17.0. The van der Waals surface area contributed by atoms with Crippen molar-refractivity contribution in [2.24, 2.45) is 5.92 Å². The highest BCUT2D eigenvalue weighted by Gasteiger charge is 2.29. The average molecular weight is 486 g/mol. The number of rotatable bonds is 6. The van der Waals surface area contributed by atoms with Gasteiger partial charge in [-0.15, -0.1) is 0 Å². The number of hydrogen-bond acceptors (Lipinski definition) is 6. The lowest BCUT2D eigenvalue weighted by Crippen LogP contribution is -2.45. The number of amides is 2. The monoisotopic (exact) mass is 485 g/mol. The molecule has 2 amide bonds. The summed E-state index contributed by atoms with van der Waals surface area (Å²) in [6.45, 7) is 3.90. The molecule has 2 aliphatic rings. The van der Waals surface area contributed by atoms with Crippen LogP contribution in [0.3, 0.4) is 0 Å². The number of nitrogens with one attached hydrogen (secondary N) is 3. The molecule has 36 heavy (non-hydrogen) atoms. The summed E-state index contributed by atoms with van der Waals surface area (Å²) in [4.78, 5) is 28.2. The van der Waals surface area contributed by atoms with E-state index in [1.54, 1.807) is 24.3 Å². The Bertz CT molecular complexity index is 1260. The van der Waals surface area contributed by atoms with E-state index in [0.29, 0.717) is 29.1 Å². The number of nitrogens with zero attached hydrogens (tertiary/aromatic N) is 2. The van der Waals surface area contributed by atoms with E-state index in [0.717, 1.165) is 62.8 Å². The maximum atomic E-state index is 13.7. The molecule has 0 unspecified atom stereocenters.